The van der Waals surface area contributed by atoms with Crippen LogP contribution in [0, 0.1) is 10.1 Å². The van der Waals surface area contributed by atoms with Gasteiger partial charge in [-0.15, -0.1) is 0 Å². The van der Waals surface area contributed by atoms with Crippen molar-refractivity contribution in [3.8, 4) is 5.75 Å². The van der Waals surface area contributed by atoms with Crippen LogP contribution < -0.4 is 15.8 Å². The number of nitro benzene ring substituents is 1. The minimum atomic E-state index is -0.666. The van der Waals surface area contributed by atoms with Gasteiger partial charge in [-0.05, 0) is 6.07 Å². The largest absolute Gasteiger partial charge is 0.484 e. The molecule has 1 heterocycles. The molecule has 1 aromatic rings. The number of hydrogen-bond acceptors (Lipinski definition) is 6. The smallest absolute Gasteiger partial charge is 0.310 e. The van der Waals surface area contributed by atoms with E-state index in [1.807, 2.05) is 0 Å². The number of ether oxygens (including phenoxy) is 2. The second-order valence-electron chi connectivity index (χ2n) is 4.31. The number of nitrogens with zero attached hydrogens (tertiary/aromatic N) is 1. The molecule has 1 atom stereocenters. The lowest BCUT2D eigenvalue weighted by atomic mass is 10.2. The Morgan fingerprint density at radius 2 is 2.40 bits per heavy atom. The number of rotatable bonds is 5. The molecule has 0 aromatic heterocycles. The monoisotopic (exact) mass is 281 g/mol. The Morgan fingerprint density at radius 3 is 3.00 bits per heavy atom. The number of hydrogen-bond donors (Lipinski definition) is 2. The fraction of sp³-hybridized carbons (Fsp3) is 0.417. The van der Waals surface area contributed by atoms with E-state index >= 15 is 0 Å². The third-order valence-corrected chi connectivity index (χ3v) is 2.87. The van der Waals surface area contributed by atoms with Gasteiger partial charge in [0.25, 0.3) is 0 Å². The molecule has 8 nitrogen and oxygen atoms in total. The Bertz CT molecular complexity index is 514. The number of morpholine rings is 1. The van der Waals surface area contributed by atoms with E-state index in [1.165, 1.54) is 18.2 Å². The fourth-order valence-electron chi connectivity index (χ4n) is 1.84. The second kappa shape index (κ2) is 6.31. The van der Waals surface area contributed by atoms with Crippen LogP contribution in [0.5, 0.6) is 5.75 Å². The Hall–Kier alpha value is -2.19. The van der Waals surface area contributed by atoms with Crippen LogP contribution in [0.3, 0.4) is 0 Å². The molecule has 1 saturated heterocycles. The molecule has 0 aliphatic carbocycles. The quantitative estimate of drug-likeness (QED) is 0.582. The van der Waals surface area contributed by atoms with Crippen molar-refractivity contribution in [3.05, 3.63) is 33.9 Å². The summed E-state index contributed by atoms with van der Waals surface area (Å²) in [5.74, 6) is -0.652. The van der Waals surface area contributed by atoms with Crippen LogP contribution in [0.1, 0.15) is 10.4 Å². The molecule has 2 rings (SSSR count). The van der Waals surface area contributed by atoms with Crippen LogP contribution in [0.25, 0.3) is 0 Å². The van der Waals surface area contributed by atoms with Gasteiger partial charge in [0, 0.05) is 30.8 Å². The maximum atomic E-state index is 11.1. The number of carbonyl (C=O) groups excluding carboxylic acids is 1. The summed E-state index contributed by atoms with van der Waals surface area (Å²) in [7, 11) is 0. The maximum Gasteiger partial charge on any atom is 0.310 e. The second-order valence-corrected chi connectivity index (χ2v) is 4.31. The summed E-state index contributed by atoms with van der Waals surface area (Å²) >= 11 is 0. The van der Waals surface area contributed by atoms with E-state index in [-0.39, 0.29) is 29.7 Å². The molecular weight excluding hydrogens is 266 g/mol. The van der Waals surface area contributed by atoms with E-state index in [0.717, 1.165) is 6.54 Å². The molecule has 1 aliphatic rings. The normalized spacial score (nSPS) is 18.5. The van der Waals surface area contributed by atoms with Crippen molar-refractivity contribution in [2.45, 2.75) is 6.10 Å². The lowest BCUT2D eigenvalue weighted by Crippen LogP contribution is -2.41. The average molecular weight is 281 g/mol. The highest BCUT2D eigenvalue weighted by Crippen LogP contribution is 2.28. The molecule has 108 valence electrons. The Labute approximate surface area is 115 Å². The van der Waals surface area contributed by atoms with Crippen LogP contribution in [-0.2, 0) is 4.74 Å². The molecule has 0 radical (unpaired) electrons. The van der Waals surface area contributed by atoms with Gasteiger partial charge in [0.15, 0.2) is 5.75 Å². The molecule has 3 N–H and O–H groups in total. The number of nitro groups is 1. The third kappa shape index (κ3) is 3.43. The molecule has 20 heavy (non-hydrogen) atoms. The maximum absolute atomic E-state index is 11.1. The SMILES string of the molecule is NC(=O)c1ccc([N+](=O)[O-])c(OCC2CNCCO2)c1. The summed E-state index contributed by atoms with van der Waals surface area (Å²) in [6.07, 6.45) is -0.180. The van der Waals surface area contributed by atoms with Crippen LogP contribution in [-0.4, -0.2) is 43.2 Å². The Kier molecular flexibility index (Phi) is 4.49. The molecule has 1 fully saturated rings. The van der Waals surface area contributed by atoms with Gasteiger partial charge in [0.05, 0.1) is 11.5 Å². The summed E-state index contributed by atoms with van der Waals surface area (Å²) in [6, 6.07) is 3.78. The zero-order valence-corrected chi connectivity index (χ0v) is 10.7. The van der Waals surface area contributed by atoms with Crippen molar-refractivity contribution in [2.24, 2.45) is 5.73 Å². The number of carbonyl (C=O) groups is 1. The average Bonchev–Trinajstić information content (AvgIpc) is 2.45. The molecule has 1 aliphatic heterocycles. The van der Waals surface area contributed by atoms with Gasteiger partial charge < -0.3 is 20.5 Å². The van der Waals surface area contributed by atoms with Crippen molar-refractivity contribution in [2.75, 3.05) is 26.3 Å². The van der Waals surface area contributed by atoms with E-state index in [9.17, 15) is 14.9 Å². The molecule has 0 spiro atoms. The lowest BCUT2D eigenvalue weighted by molar-refractivity contribution is -0.385. The van der Waals surface area contributed by atoms with E-state index in [0.29, 0.717) is 13.2 Å². The summed E-state index contributed by atoms with van der Waals surface area (Å²) in [5.41, 5.74) is 5.10. The number of nitrogens with one attached hydrogen (secondary N) is 1. The first kappa shape index (κ1) is 14.2. The molecule has 1 unspecified atom stereocenters. The number of benzene rings is 1. The highest BCUT2D eigenvalue weighted by atomic mass is 16.6. The molecular formula is C12H15N3O5. The highest BCUT2D eigenvalue weighted by molar-refractivity contribution is 5.93. The summed E-state index contributed by atoms with van der Waals surface area (Å²) in [4.78, 5) is 21.5. The molecule has 0 saturated carbocycles. The first-order valence-electron chi connectivity index (χ1n) is 6.11. The van der Waals surface area contributed by atoms with Crippen LogP contribution in [0.15, 0.2) is 18.2 Å². The van der Waals surface area contributed by atoms with E-state index in [4.69, 9.17) is 15.2 Å². The Morgan fingerprint density at radius 1 is 1.60 bits per heavy atom. The Balaban J connectivity index is 2.12. The minimum Gasteiger partial charge on any atom is -0.484 e. The zero-order chi connectivity index (χ0) is 14.5. The van der Waals surface area contributed by atoms with Gasteiger partial charge in [-0.3, -0.25) is 14.9 Å². The van der Waals surface area contributed by atoms with Crippen molar-refractivity contribution in [1.29, 1.82) is 0 Å². The van der Waals surface area contributed by atoms with Gasteiger partial charge in [0.1, 0.15) is 12.7 Å². The van der Waals surface area contributed by atoms with Gasteiger partial charge in [-0.1, -0.05) is 0 Å². The van der Waals surface area contributed by atoms with Crippen molar-refractivity contribution in [1.82, 2.24) is 5.32 Å². The van der Waals surface area contributed by atoms with E-state index in [2.05, 4.69) is 5.32 Å². The first-order valence-corrected chi connectivity index (χ1v) is 6.11. The third-order valence-electron chi connectivity index (χ3n) is 2.87. The predicted octanol–water partition coefficient (Wildman–Crippen LogP) is 0.0609. The molecule has 0 bridgehead atoms. The topological polar surface area (TPSA) is 117 Å². The van der Waals surface area contributed by atoms with Gasteiger partial charge >= 0.3 is 5.69 Å². The number of nitrogens with two attached hydrogens (primary N) is 1. The first-order chi connectivity index (χ1) is 9.58. The highest BCUT2D eigenvalue weighted by Gasteiger charge is 2.20. The van der Waals surface area contributed by atoms with Gasteiger partial charge in [-0.2, -0.15) is 0 Å². The van der Waals surface area contributed by atoms with Crippen LogP contribution in [0.2, 0.25) is 0 Å². The summed E-state index contributed by atoms with van der Waals surface area (Å²) < 4.78 is 10.8. The standard InChI is InChI=1S/C12H15N3O5/c13-12(16)8-1-2-10(15(17)18)11(5-8)20-7-9-6-14-3-4-19-9/h1-2,5,9,14H,3-4,6-7H2,(H2,13,16). The van der Waals surface area contributed by atoms with Crippen molar-refractivity contribution < 1.29 is 19.2 Å². The van der Waals surface area contributed by atoms with E-state index in [1.54, 1.807) is 0 Å². The van der Waals surface area contributed by atoms with Crippen LogP contribution in [0.4, 0.5) is 5.69 Å². The zero-order valence-electron chi connectivity index (χ0n) is 10.7. The van der Waals surface area contributed by atoms with Gasteiger partial charge in [0.2, 0.25) is 5.91 Å². The van der Waals surface area contributed by atoms with Crippen LogP contribution >= 0.6 is 0 Å². The van der Waals surface area contributed by atoms with E-state index < -0.39 is 10.8 Å². The predicted molar refractivity (Wildman–Crippen MR) is 69.7 cm³/mol. The van der Waals surface area contributed by atoms with Crippen molar-refractivity contribution in [3.63, 3.8) is 0 Å². The number of primary amides is 1. The molecule has 1 amide bonds. The molecule has 8 heteroatoms. The van der Waals surface area contributed by atoms with Crippen molar-refractivity contribution >= 4 is 11.6 Å². The minimum absolute atomic E-state index is 0.0143. The number of amides is 1. The van der Waals surface area contributed by atoms with Gasteiger partial charge in [-0.25, -0.2) is 0 Å². The fourth-order valence-corrected chi connectivity index (χ4v) is 1.84. The molecule has 1 aromatic carbocycles. The summed E-state index contributed by atoms with van der Waals surface area (Å²) in [5, 5.41) is 14.0. The summed E-state index contributed by atoms with van der Waals surface area (Å²) in [6.45, 7) is 2.12. The lowest BCUT2D eigenvalue weighted by Gasteiger charge is -2.23.